The molecule has 0 unspecified atom stereocenters. The van der Waals surface area contributed by atoms with Crippen molar-refractivity contribution in [3.05, 3.63) is 192 Å². The number of fused-ring (bicyclic) bond motifs is 4. The molecule has 6 heteroatoms. The van der Waals surface area contributed by atoms with Crippen LogP contribution in [0.3, 0.4) is 0 Å². The standard InChI is InChI=1S/C43H35N2O.C20H28NSi.Ir/c1-27(2)31-18-12-19-32(28(3)4)41(31)45-39-23-11-10-22-38(39)44-43(45)36-21-13-20-35-37-26-30(24-25-40(37)46-42(35)36)34-17-9-8-16-33(34)29-14-6-5-7-15-29;1-15-8-10-16(11-9-15)18-12-17(13-20(2,3)4)19(14-21-18)22(5,6)7;/h5-20,22-28H,1-4H3;8-10,12,14H,13H2,1-7H3;/q2*-1;/i;1D3,13D2;. The van der Waals surface area contributed by atoms with Gasteiger partial charge in [0.15, 0.2) is 0 Å². The maximum absolute atomic E-state index is 8.79. The number of nitrogens with zero attached hydrogens (tertiary/aromatic N) is 3. The molecule has 7 aromatic carbocycles. The Kier molecular flexibility index (Phi) is 12.5. The third-order valence-corrected chi connectivity index (χ3v) is 14.4. The quantitative estimate of drug-likeness (QED) is 0.107. The van der Waals surface area contributed by atoms with Crippen LogP contribution in [0.1, 0.15) is 89.4 Å². The van der Waals surface area contributed by atoms with Gasteiger partial charge in [-0.1, -0.05) is 189 Å². The molecule has 0 aliphatic rings. The molecular weight excluding hydrogens is 1040 g/mol. The Labute approximate surface area is 431 Å². The first-order valence-electron chi connectivity index (χ1n) is 26.2. The number of para-hydroxylation sites is 3. The fourth-order valence-corrected chi connectivity index (χ4v) is 10.6. The van der Waals surface area contributed by atoms with Crippen molar-refractivity contribution >= 4 is 46.2 Å². The van der Waals surface area contributed by atoms with Crippen molar-refractivity contribution in [2.24, 2.45) is 5.41 Å². The van der Waals surface area contributed by atoms with Crippen LogP contribution in [-0.4, -0.2) is 22.6 Å². The average molecular weight is 1100 g/mol. The Bertz CT molecular complexity index is 3590. The molecule has 0 saturated heterocycles. The number of imidazole rings is 1. The summed E-state index contributed by atoms with van der Waals surface area (Å²) in [5, 5.41) is 3.15. The van der Waals surface area contributed by atoms with E-state index < -0.39 is 26.7 Å². The van der Waals surface area contributed by atoms with Crippen LogP contribution in [0.25, 0.3) is 83.6 Å². The molecular formula is C63H63IrN3OSi-2. The molecule has 0 atom stereocenters. The van der Waals surface area contributed by atoms with E-state index in [-0.39, 0.29) is 25.7 Å². The van der Waals surface area contributed by atoms with Crippen LogP contribution in [0.2, 0.25) is 19.6 Å². The number of aryl methyl sites for hydroxylation is 1. The summed E-state index contributed by atoms with van der Waals surface area (Å²) in [7, 11) is -1.81. The fraction of sp³-hybridized carbons (Fsp3) is 0.238. The van der Waals surface area contributed by atoms with Crippen molar-refractivity contribution in [1.82, 2.24) is 14.5 Å². The number of aromatic nitrogens is 3. The van der Waals surface area contributed by atoms with Crippen molar-refractivity contribution in [2.75, 3.05) is 0 Å². The summed E-state index contributed by atoms with van der Waals surface area (Å²) in [5.41, 5.74) is 14.7. The molecule has 0 N–H and O–H groups in total. The Morgan fingerprint density at radius 1 is 0.725 bits per heavy atom. The smallest absolute Gasteiger partial charge is 0.120 e. The zero-order chi connectivity index (χ0) is 52.2. The zero-order valence-corrected chi connectivity index (χ0v) is 44.6. The first-order chi connectivity index (χ1) is 34.5. The van der Waals surface area contributed by atoms with Gasteiger partial charge in [-0.3, -0.25) is 4.98 Å². The van der Waals surface area contributed by atoms with Gasteiger partial charge in [-0.2, -0.15) is 0 Å². The van der Waals surface area contributed by atoms with Crippen LogP contribution < -0.4 is 5.19 Å². The van der Waals surface area contributed by atoms with Gasteiger partial charge in [-0.15, -0.1) is 53.6 Å². The molecule has 0 spiro atoms. The van der Waals surface area contributed by atoms with Gasteiger partial charge in [-0.25, -0.2) is 0 Å². The fourth-order valence-electron chi connectivity index (χ4n) is 9.16. The molecule has 10 aromatic rings. The van der Waals surface area contributed by atoms with Gasteiger partial charge in [0.1, 0.15) is 5.58 Å². The number of furan rings is 1. The molecule has 0 saturated carbocycles. The third-order valence-electron chi connectivity index (χ3n) is 12.4. The molecule has 10 rings (SSSR count). The van der Waals surface area contributed by atoms with E-state index in [4.69, 9.17) is 16.3 Å². The molecule has 0 aliphatic carbocycles. The predicted octanol–water partition coefficient (Wildman–Crippen LogP) is 17.0. The molecule has 69 heavy (non-hydrogen) atoms. The van der Waals surface area contributed by atoms with Crippen LogP contribution >= 0.6 is 0 Å². The maximum Gasteiger partial charge on any atom is 0.120 e. The van der Waals surface area contributed by atoms with Gasteiger partial charge in [0, 0.05) is 44.2 Å². The second-order valence-corrected chi connectivity index (χ2v) is 25.4. The molecule has 0 amide bonds. The first-order valence-corrected chi connectivity index (χ1v) is 27.2. The Morgan fingerprint density at radius 3 is 2.06 bits per heavy atom. The number of hydrogen-bond donors (Lipinski definition) is 0. The first kappa shape index (κ1) is 42.9. The van der Waals surface area contributed by atoms with E-state index in [1.54, 1.807) is 18.3 Å². The van der Waals surface area contributed by atoms with E-state index in [0.29, 0.717) is 28.7 Å². The summed E-state index contributed by atoms with van der Waals surface area (Å²) in [4.78, 5) is 9.82. The Balaban J connectivity index is 0.000000224. The van der Waals surface area contributed by atoms with Crippen molar-refractivity contribution in [3.63, 3.8) is 0 Å². The summed E-state index contributed by atoms with van der Waals surface area (Å²) in [5.74, 6) is 1.52. The van der Waals surface area contributed by atoms with Gasteiger partial charge in [0.05, 0.1) is 30.5 Å². The second-order valence-electron chi connectivity index (χ2n) is 20.4. The van der Waals surface area contributed by atoms with E-state index in [1.807, 2.05) is 32.9 Å². The Hall–Kier alpha value is -6.17. The van der Waals surface area contributed by atoms with Gasteiger partial charge >= 0.3 is 0 Å². The third kappa shape index (κ3) is 10.3. The minimum Gasteiger partial charge on any atom is -0.501 e. The van der Waals surface area contributed by atoms with Crippen molar-refractivity contribution in [2.45, 2.75) is 93.2 Å². The maximum atomic E-state index is 8.79. The zero-order valence-electron chi connectivity index (χ0n) is 46.2. The monoisotopic (exact) mass is 1100 g/mol. The molecule has 0 aliphatic heterocycles. The number of pyridine rings is 1. The predicted molar refractivity (Wildman–Crippen MR) is 291 cm³/mol. The molecule has 1 radical (unpaired) electrons. The van der Waals surface area contributed by atoms with Gasteiger partial charge in [-0.05, 0) is 92.2 Å². The van der Waals surface area contributed by atoms with Gasteiger partial charge in [0.25, 0.3) is 0 Å². The number of hydrogen-bond acceptors (Lipinski definition) is 3. The summed E-state index contributed by atoms with van der Waals surface area (Å²) < 4.78 is 49.1. The second kappa shape index (κ2) is 20.0. The summed E-state index contributed by atoms with van der Waals surface area (Å²) >= 11 is 0. The van der Waals surface area contributed by atoms with E-state index in [0.717, 1.165) is 55.1 Å². The van der Waals surface area contributed by atoms with Crippen LogP contribution in [0.4, 0.5) is 0 Å². The van der Waals surface area contributed by atoms with Crippen LogP contribution in [0, 0.1) is 24.4 Å². The average Bonchev–Trinajstić information content (AvgIpc) is 3.94. The van der Waals surface area contributed by atoms with Gasteiger partial charge in [0.2, 0.25) is 0 Å². The van der Waals surface area contributed by atoms with Crippen molar-refractivity contribution < 1.29 is 31.4 Å². The van der Waals surface area contributed by atoms with Gasteiger partial charge < -0.3 is 14.0 Å². The SMILES string of the molecule is CC(C)c1cccc(C(C)C)c1-n1c(-c2[c-]ccc3c2oc2ccc(-c4ccccc4-c4ccccc4)cc23)nc2ccccc21.[2H]C([2H])([2H])c1c[c-]c(-c2cc(C([2H])([2H])C(C)(C)C)c([Si](C)(C)C)cn2)cc1.[Ir]. The molecule has 351 valence electrons. The molecule has 3 heterocycles. The molecule has 0 fully saturated rings. The molecule has 4 nitrogen and oxygen atoms in total. The van der Waals surface area contributed by atoms with Crippen molar-refractivity contribution in [3.8, 4) is 50.6 Å². The topological polar surface area (TPSA) is 43.9 Å². The largest absolute Gasteiger partial charge is 0.501 e. The molecule has 3 aromatic heterocycles. The number of rotatable bonds is 9. The van der Waals surface area contributed by atoms with E-state index in [2.05, 4.69) is 190 Å². The minimum absolute atomic E-state index is 0. The van der Waals surface area contributed by atoms with E-state index in [9.17, 15) is 0 Å². The van der Waals surface area contributed by atoms with Crippen LogP contribution in [0.5, 0.6) is 0 Å². The Morgan fingerprint density at radius 2 is 1.41 bits per heavy atom. The number of benzene rings is 7. The summed E-state index contributed by atoms with van der Waals surface area (Å²) in [6.45, 7) is 19.1. The van der Waals surface area contributed by atoms with E-state index in [1.165, 1.54) is 39.6 Å². The summed E-state index contributed by atoms with van der Waals surface area (Å²) in [6.07, 6.45) is 0.269. The van der Waals surface area contributed by atoms with Crippen LogP contribution in [0.15, 0.2) is 162 Å². The van der Waals surface area contributed by atoms with E-state index >= 15 is 0 Å². The minimum atomic E-state index is -2.17. The normalized spacial score (nSPS) is 13.4. The molecule has 0 bridgehead atoms. The van der Waals surface area contributed by atoms with Crippen molar-refractivity contribution in [1.29, 1.82) is 0 Å². The van der Waals surface area contributed by atoms with Crippen LogP contribution in [-0.2, 0) is 26.5 Å². The summed E-state index contributed by atoms with van der Waals surface area (Å²) in [6, 6.07) is 58.1.